The highest BCUT2D eigenvalue weighted by Crippen LogP contribution is 2.32. The number of aldehydes is 1. The van der Waals surface area contributed by atoms with E-state index in [1.165, 1.54) is 19.2 Å². The zero-order chi connectivity index (χ0) is 20.3. The van der Waals surface area contributed by atoms with E-state index in [9.17, 15) is 18.0 Å². The Kier molecular flexibility index (Phi) is 5.39. The molecule has 1 heterocycles. The lowest BCUT2D eigenvalue weighted by atomic mass is 10.1. The van der Waals surface area contributed by atoms with Crippen LogP contribution in [0.3, 0.4) is 0 Å². The summed E-state index contributed by atoms with van der Waals surface area (Å²) in [6.45, 7) is 1.75. The standard InChI is InChI=1S/C20H16F3NO4/c1-12-16(11-27-17-8-3-13(10-25)9-18(17)26-2)24-19(28-12)14-4-6-15(7-5-14)20(21,22)23/h3-10H,11H2,1-2H3. The minimum Gasteiger partial charge on any atom is -0.493 e. The van der Waals surface area contributed by atoms with E-state index < -0.39 is 11.7 Å². The molecule has 0 radical (unpaired) electrons. The van der Waals surface area contributed by atoms with E-state index in [0.29, 0.717) is 40.4 Å². The zero-order valence-corrected chi connectivity index (χ0v) is 15.0. The molecule has 0 atom stereocenters. The third kappa shape index (κ3) is 4.16. The molecule has 5 nitrogen and oxygen atoms in total. The summed E-state index contributed by atoms with van der Waals surface area (Å²) in [5.41, 5.74) is 0.632. The molecule has 0 bridgehead atoms. The Labute approximate surface area is 158 Å². The number of carbonyl (C=O) groups is 1. The molecule has 28 heavy (non-hydrogen) atoms. The molecule has 146 valence electrons. The number of aryl methyl sites for hydroxylation is 1. The summed E-state index contributed by atoms with van der Waals surface area (Å²) in [6, 6.07) is 9.31. The summed E-state index contributed by atoms with van der Waals surface area (Å²) >= 11 is 0. The van der Waals surface area contributed by atoms with Gasteiger partial charge in [0.1, 0.15) is 24.3 Å². The molecule has 8 heteroatoms. The Morgan fingerprint density at radius 2 is 1.82 bits per heavy atom. The molecular formula is C20H16F3NO4. The summed E-state index contributed by atoms with van der Waals surface area (Å²) in [6.07, 6.45) is -3.70. The smallest absolute Gasteiger partial charge is 0.416 e. The number of nitrogens with zero attached hydrogens (tertiary/aromatic N) is 1. The van der Waals surface area contributed by atoms with Crippen LogP contribution in [-0.2, 0) is 12.8 Å². The first-order valence-corrected chi connectivity index (χ1v) is 8.21. The number of methoxy groups -OCH3 is 1. The minimum atomic E-state index is -4.40. The SMILES string of the molecule is COc1cc(C=O)ccc1OCc1nc(-c2ccc(C(F)(F)F)cc2)oc1C. The molecule has 0 aliphatic carbocycles. The van der Waals surface area contributed by atoms with Crippen LogP contribution in [0.2, 0.25) is 0 Å². The average Bonchev–Trinajstić information content (AvgIpc) is 3.06. The van der Waals surface area contributed by atoms with Crippen LogP contribution < -0.4 is 9.47 Å². The normalized spacial score (nSPS) is 11.3. The van der Waals surface area contributed by atoms with Gasteiger partial charge in [0, 0.05) is 11.1 Å². The number of ether oxygens (including phenoxy) is 2. The molecular weight excluding hydrogens is 375 g/mol. The molecule has 0 unspecified atom stereocenters. The van der Waals surface area contributed by atoms with Gasteiger partial charge in [0.05, 0.1) is 12.7 Å². The van der Waals surface area contributed by atoms with Crippen molar-refractivity contribution < 1.29 is 31.9 Å². The zero-order valence-electron chi connectivity index (χ0n) is 15.0. The average molecular weight is 391 g/mol. The van der Waals surface area contributed by atoms with Gasteiger partial charge in [0.25, 0.3) is 0 Å². The van der Waals surface area contributed by atoms with Crippen molar-refractivity contribution in [3.05, 3.63) is 65.0 Å². The van der Waals surface area contributed by atoms with Crippen molar-refractivity contribution in [3.63, 3.8) is 0 Å². The van der Waals surface area contributed by atoms with Gasteiger partial charge in [-0.1, -0.05) is 0 Å². The minimum absolute atomic E-state index is 0.0623. The van der Waals surface area contributed by atoms with Gasteiger partial charge >= 0.3 is 6.18 Å². The third-order valence-corrected chi connectivity index (χ3v) is 4.04. The molecule has 0 amide bonds. The number of aromatic nitrogens is 1. The number of halogens is 3. The maximum absolute atomic E-state index is 12.7. The highest BCUT2D eigenvalue weighted by molar-refractivity contribution is 5.76. The summed E-state index contributed by atoms with van der Waals surface area (Å²) in [5, 5.41) is 0. The molecule has 0 spiro atoms. The largest absolute Gasteiger partial charge is 0.493 e. The van der Waals surface area contributed by atoms with E-state index in [2.05, 4.69) is 4.98 Å². The van der Waals surface area contributed by atoms with E-state index in [-0.39, 0.29) is 12.5 Å². The molecule has 1 aromatic heterocycles. The number of carbonyl (C=O) groups excluding carboxylic acids is 1. The highest BCUT2D eigenvalue weighted by Gasteiger charge is 2.30. The molecule has 0 fully saturated rings. The fourth-order valence-corrected chi connectivity index (χ4v) is 2.51. The third-order valence-electron chi connectivity index (χ3n) is 4.04. The van der Waals surface area contributed by atoms with Gasteiger partial charge in [-0.15, -0.1) is 0 Å². The molecule has 0 aliphatic rings. The topological polar surface area (TPSA) is 61.6 Å². The van der Waals surface area contributed by atoms with Crippen molar-refractivity contribution in [3.8, 4) is 23.0 Å². The molecule has 3 aromatic rings. The van der Waals surface area contributed by atoms with Crippen LogP contribution in [0.5, 0.6) is 11.5 Å². The lowest BCUT2D eigenvalue weighted by Gasteiger charge is -2.10. The summed E-state index contributed by atoms with van der Waals surface area (Å²) in [7, 11) is 1.46. The Balaban J connectivity index is 1.77. The van der Waals surface area contributed by atoms with Crippen molar-refractivity contribution in [1.29, 1.82) is 0 Å². The molecule has 0 saturated carbocycles. The molecule has 2 aromatic carbocycles. The van der Waals surface area contributed by atoms with Crippen LogP contribution in [0.15, 0.2) is 46.9 Å². The van der Waals surface area contributed by atoms with Gasteiger partial charge in [-0.25, -0.2) is 4.98 Å². The molecule has 0 aliphatic heterocycles. The number of benzene rings is 2. The maximum Gasteiger partial charge on any atom is 0.416 e. The molecule has 0 saturated heterocycles. The Morgan fingerprint density at radius 3 is 2.43 bits per heavy atom. The first-order chi connectivity index (χ1) is 13.3. The first kappa shape index (κ1) is 19.5. The Hall–Kier alpha value is -3.29. The summed E-state index contributed by atoms with van der Waals surface area (Å²) < 4.78 is 54.5. The number of rotatable bonds is 6. The van der Waals surface area contributed by atoms with Crippen molar-refractivity contribution >= 4 is 6.29 Å². The lowest BCUT2D eigenvalue weighted by molar-refractivity contribution is -0.137. The van der Waals surface area contributed by atoms with Crippen LogP contribution in [0, 0.1) is 6.92 Å². The van der Waals surface area contributed by atoms with Gasteiger partial charge in [-0.3, -0.25) is 4.79 Å². The van der Waals surface area contributed by atoms with Crippen LogP contribution in [0.1, 0.15) is 27.4 Å². The quantitative estimate of drug-likeness (QED) is 0.549. The molecule has 0 N–H and O–H groups in total. The molecule has 3 rings (SSSR count). The van der Waals surface area contributed by atoms with Crippen molar-refractivity contribution in [2.24, 2.45) is 0 Å². The van der Waals surface area contributed by atoms with Crippen molar-refractivity contribution in [2.75, 3.05) is 7.11 Å². The van der Waals surface area contributed by atoms with Crippen LogP contribution in [0.25, 0.3) is 11.5 Å². The second kappa shape index (κ2) is 7.75. The van der Waals surface area contributed by atoms with Crippen LogP contribution in [0.4, 0.5) is 13.2 Å². The van der Waals surface area contributed by atoms with E-state index >= 15 is 0 Å². The monoisotopic (exact) mass is 391 g/mol. The highest BCUT2D eigenvalue weighted by atomic mass is 19.4. The Bertz CT molecular complexity index is 978. The van der Waals surface area contributed by atoms with Gasteiger partial charge in [-0.05, 0) is 49.4 Å². The number of hydrogen-bond donors (Lipinski definition) is 0. The maximum atomic E-state index is 12.7. The van der Waals surface area contributed by atoms with Gasteiger partial charge in [0.2, 0.25) is 5.89 Å². The summed E-state index contributed by atoms with van der Waals surface area (Å²) in [5.74, 6) is 1.51. The van der Waals surface area contributed by atoms with Crippen LogP contribution in [-0.4, -0.2) is 18.4 Å². The Morgan fingerprint density at radius 1 is 1.11 bits per heavy atom. The number of oxazole rings is 1. The second-order valence-corrected chi connectivity index (χ2v) is 5.91. The van der Waals surface area contributed by atoms with Crippen LogP contribution >= 0.6 is 0 Å². The van der Waals surface area contributed by atoms with Crippen molar-refractivity contribution in [1.82, 2.24) is 4.98 Å². The first-order valence-electron chi connectivity index (χ1n) is 8.21. The second-order valence-electron chi connectivity index (χ2n) is 5.91. The fourth-order valence-electron chi connectivity index (χ4n) is 2.51. The van der Waals surface area contributed by atoms with Gasteiger partial charge < -0.3 is 13.9 Å². The van der Waals surface area contributed by atoms with E-state index in [0.717, 1.165) is 12.1 Å². The predicted octanol–water partition coefficient (Wildman–Crippen LogP) is 5.07. The van der Waals surface area contributed by atoms with E-state index in [1.807, 2.05) is 0 Å². The fraction of sp³-hybridized carbons (Fsp3) is 0.200. The lowest BCUT2D eigenvalue weighted by Crippen LogP contribution is -2.04. The van der Waals surface area contributed by atoms with E-state index in [4.69, 9.17) is 13.9 Å². The predicted molar refractivity (Wildman–Crippen MR) is 94.4 cm³/mol. The van der Waals surface area contributed by atoms with Crippen molar-refractivity contribution in [2.45, 2.75) is 19.7 Å². The van der Waals surface area contributed by atoms with E-state index in [1.54, 1.807) is 25.1 Å². The number of alkyl halides is 3. The van der Waals surface area contributed by atoms with Gasteiger partial charge in [0.15, 0.2) is 11.5 Å². The summed E-state index contributed by atoms with van der Waals surface area (Å²) in [4.78, 5) is 15.1. The number of hydrogen-bond acceptors (Lipinski definition) is 5. The van der Waals surface area contributed by atoms with Gasteiger partial charge in [-0.2, -0.15) is 13.2 Å².